The minimum Gasteiger partial charge on any atom is -0.368 e. The number of ether oxygens (including phenoxy) is 1. The molecule has 0 aromatic rings. The van der Waals surface area contributed by atoms with Crippen LogP contribution in [0.3, 0.4) is 0 Å². The van der Waals surface area contributed by atoms with E-state index < -0.39 is 0 Å². The Kier molecular flexibility index (Phi) is 5.44. The average Bonchev–Trinajstić information content (AvgIpc) is 2.33. The molecule has 0 saturated carbocycles. The van der Waals surface area contributed by atoms with E-state index in [0.29, 0.717) is 0 Å². The molecule has 2 aliphatic heterocycles. The lowest BCUT2D eigenvalue weighted by Gasteiger charge is -2.43. The van der Waals surface area contributed by atoms with Gasteiger partial charge >= 0.3 is 0 Å². The molecule has 2 heterocycles. The Labute approximate surface area is 116 Å². The summed E-state index contributed by atoms with van der Waals surface area (Å²) in [6.07, 6.45) is 3.76. The highest BCUT2D eigenvalue weighted by molar-refractivity contribution is 5.85. The lowest BCUT2D eigenvalue weighted by molar-refractivity contribution is -0.149. The molecule has 2 N–H and O–H groups in total. The standard InChI is InChI=1S/C13H24N2O2.ClH/c1-13(2)9-15(7-6-11(13)14)12(16)10-5-3-4-8-17-10;/h10-11H,3-9,14H2,1-2H3;1H. The van der Waals surface area contributed by atoms with E-state index in [1.807, 2.05) is 4.90 Å². The summed E-state index contributed by atoms with van der Waals surface area (Å²) in [4.78, 5) is 14.3. The Morgan fingerprint density at radius 3 is 2.61 bits per heavy atom. The van der Waals surface area contributed by atoms with Crippen molar-refractivity contribution in [2.24, 2.45) is 11.1 Å². The molecule has 0 aromatic carbocycles. The first-order chi connectivity index (χ1) is 8.00. The van der Waals surface area contributed by atoms with Gasteiger partial charge in [0.05, 0.1) is 0 Å². The van der Waals surface area contributed by atoms with Crippen LogP contribution >= 0.6 is 12.4 Å². The predicted molar refractivity (Wildman–Crippen MR) is 73.8 cm³/mol. The zero-order chi connectivity index (χ0) is 12.5. The van der Waals surface area contributed by atoms with E-state index in [1.54, 1.807) is 0 Å². The van der Waals surface area contributed by atoms with Gasteiger partial charge in [-0.3, -0.25) is 4.79 Å². The third-order valence-corrected chi connectivity index (χ3v) is 4.08. The molecule has 4 nitrogen and oxygen atoms in total. The Balaban J connectivity index is 0.00000162. The van der Waals surface area contributed by atoms with E-state index in [2.05, 4.69) is 13.8 Å². The molecule has 0 bridgehead atoms. The van der Waals surface area contributed by atoms with Crippen molar-refractivity contribution in [2.75, 3.05) is 19.7 Å². The van der Waals surface area contributed by atoms with Crippen LogP contribution in [-0.2, 0) is 9.53 Å². The second-order valence-corrected chi connectivity index (χ2v) is 6.00. The number of amides is 1. The van der Waals surface area contributed by atoms with Crippen LogP contribution in [0.1, 0.15) is 39.5 Å². The number of nitrogens with zero attached hydrogens (tertiary/aromatic N) is 1. The Morgan fingerprint density at radius 2 is 2.06 bits per heavy atom. The van der Waals surface area contributed by atoms with E-state index in [1.165, 1.54) is 0 Å². The van der Waals surface area contributed by atoms with Crippen LogP contribution in [0.15, 0.2) is 0 Å². The molecular weight excluding hydrogens is 252 g/mol. The number of nitrogens with two attached hydrogens (primary N) is 1. The van der Waals surface area contributed by atoms with Gasteiger partial charge < -0.3 is 15.4 Å². The Hall–Kier alpha value is -0.320. The van der Waals surface area contributed by atoms with Gasteiger partial charge in [-0.25, -0.2) is 0 Å². The van der Waals surface area contributed by atoms with Gasteiger partial charge in [-0.15, -0.1) is 12.4 Å². The van der Waals surface area contributed by atoms with Gasteiger partial charge in [0.25, 0.3) is 5.91 Å². The van der Waals surface area contributed by atoms with Crippen molar-refractivity contribution in [2.45, 2.75) is 51.7 Å². The summed E-state index contributed by atoms with van der Waals surface area (Å²) < 4.78 is 5.57. The van der Waals surface area contributed by atoms with Crippen molar-refractivity contribution in [3.8, 4) is 0 Å². The molecule has 0 spiro atoms. The summed E-state index contributed by atoms with van der Waals surface area (Å²) in [5, 5.41) is 0. The molecule has 2 unspecified atom stereocenters. The zero-order valence-electron chi connectivity index (χ0n) is 11.4. The molecular formula is C13H25ClN2O2. The molecule has 0 aromatic heterocycles. The van der Waals surface area contributed by atoms with Gasteiger partial charge in [0, 0.05) is 25.7 Å². The summed E-state index contributed by atoms with van der Waals surface area (Å²) in [7, 11) is 0. The van der Waals surface area contributed by atoms with Crippen molar-refractivity contribution < 1.29 is 9.53 Å². The number of hydrogen-bond donors (Lipinski definition) is 1. The van der Waals surface area contributed by atoms with Gasteiger partial charge in [-0.05, 0) is 31.1 Å². The first-order valence-corrected chi connectivity index (χ1v) is 6.67. The fraction of sp³-hybridized carbons (Fsp3) is 0.923. The van der Waals surface area contributed by atoms with Gasteiger partial charge in [0.1, 0.15) is 6.10 Å². The summed E-state index contributed by atoms with van der Waals surface area (Å²) in [5.74, 6) is 0.171. The summed E-state index contributed by atoms with van der Waals surface area (Å²) in [5.41, 5.74) is 6.10. The van der Waals surface area contributed by atoms with Crippen LogP contribution in [-0.4, -0.2) is 42.6 Å². The minimum absolute atomic E-state index is 0. The normalized spacial score (nSPS) is 31.6. The van der Waals surface area contributed by atoms with Crippen LogP contribution in [0, 0.1) is 5.41 Å². The first-order valence-electron chi connectivity index (χ1n) is 6.67. The van der Waals surface area contributed by atoms with Crippen LogP contribution in [0.4, 0.5) is 0 Å². The molecule has 2 saturated heterocycles. The monoisotopic (exact) mass is 276 g/mol. The second-order valence-electron chi connectivity index (χ2n) is 6.00. The number of hydrogen-bond acceptors (Lipinski definition) is 3. The van der Waals surface area contributed by atoms with Crippen LogP contribution in [0.5, 0.6) is 0 Å². The molecule has 2 aliphatic rings. The molecule has 2 fully saturated rings. The lowest BCUT2D eigenvalue weighted by Crippen LogP contribution is -2.56. The fourth-order valence-electron chi connectivity index (χ4n) is 2.70. The lowest BCUT2D eigenvalue weighted by atomic mass is 9.79. The van der Waals surface area contributed by atoms with Crippen molar-refractivity contribution in [1.29, 1.82) is 0 Å². The number of likely N-dealkylation sites (tertiary alicyclic amines) is 1. The van der Waals surface area contributed by atoms with E-state index in [-0.39, 0.29) is 35.9 Å². The predicted octanol–water partition coefficient (Wildman–Crippen LogP) is 1.56. The summed E-state index contributed by atoms with van der Waals surface area (Å²) in [6, 6.07) is 0.193. The fourth-order valence-corrected chi connectivity index (χ4v) is 2.70. The van der Waals surface area contributed by atoms with Crippen LogP contribution < -0.4 is 5.73 Å². The molecule has 0 aliphatic carbocycles. The molecule has 2 atom stereocenters. The first kappa shape index (κ1) is 15.7. The Morgan fingerprint density at radius 1 is 1.33 bits per heavy atom. The van der Waals surface area contributed by atoms with Gasteiger partial charge in [-0.2, -0.15) is 0 Å². The third kappa shape index (κ3) is 3.37. The van der Waals surface area contributed by atoms with Crippen molar-refractivity contribution in [3.05, 3.63) is 0 Å². The maximum Gasteiger partial charge on any atom is 0.251 e. The molecule has 1 amide bonds. The van der Waals surface area contributed by atoms with E-state index in [9.17, 15) is 4.79 Å². The third-order valence-electron chi connectivity index (χ3n) is 4.08. The van der Waals surface area contributed by atoms with E-state index >= 15 is 0 Å². The van der Waals surface area contributed by atoms with Gasteiger partial charge in [-0.1, -0.05) is 13.8 Å². The smallest absolute Gasteiger partial charge is 0.251 e. The summed E-state index contributed by atoms with van der Waals surface area (Å²) >= 11 is 0. The van der Waals surface area contributed by atoms with E-state index in [4.69, 9.17) is 10.5 Å². The van der Waals surface area contributed by atoms with Crippen molar-refractivity contribution in [1.82, 2.24) is 4.90 Å². The Bertz CT molecular complexity index is 291. The van der Waals surface area contributed by atoms with Crippen molar-refractivity contribution in [3.63, 3.8) is 0 Å². The van der Waals surface area contributed by atoms with Crippen molar-refractivity contribution >= 4 is 18.3 Å². The highest BCUT2D eigenvalue weighted by Crippen LogP contribution is 2.29. The van der Waals surface area contributed by atoms with Gasteiger partial charge in [0.15, 0.2) is 0 Å². The number of piperidine rings is 1. The quantitative estimate of drug-likeness (QED) is 0.791. The SMILES string of the molecule is CC1(C)CN(C(=O)C2CCCCO2)CCC1N.Cl. The maximum atomic E-state index is 12.3. The summed E-state index contributed by atoms with van der Waals surface area (Å²) in [6.45, 7) is 6.54. The second kappa shape index (κ2) is 6.22. The minimum atomic E-state index is -0.200. The number of rotatable bonds is 1. The molecule has 18 heavy (non-hydrogen) atoms. The van der Waals surface area contributed by atoms with Crippen LogP contribution in [0.2, 0.25) is 0 Å². The highest BCUT2D eigenvalue weighted by Gasteiger charge is 2.37. The molecule has 106 valence electrons. The number of carbonyl (C=O) groups is 1. The average molecular weight is 277 g/mol. The topological polar surface area (TPSA) is 55.6 Å². The zero-order valence-corrected chi connectivity index (χ0v) is 12.2. The van der Waals surface area contributed by atoms with Crippen LogP contribution in [0.25, 0.3) is 0 Å². The van der Waals surface area contributed by atoms with Gasteiger partial charge in [0.2, 0.25) is 0 Å². The number of halogens is 1. The number of carbonyl (C=O) groups excluding carboxylic acids is 1. The molecule has 2 rings (SSSR count). The largest absolute Gasteiger partial charge is 0.368 e. The highest BCUT2D eigenvalue weighted by atomic mass is 35.5. The van der Waals surface area contributed by atoms with E-state index in [0.717, 1.165) is 45.4 Å². The maximum absolute atomic E-state index is 12.3. The molecule has 5 heteroatoms. The molecule has 0 radical (unpaired) electrons.